The first-order valence-corrected chi connectivity index (χ1v) is 8.86. The van der Waals surface area contributed by atoms with Crippen LogP contribution in [0, 0.1) is 0 Å². The standard InChI is InChI=1S/C18H21BrN4O2/c1-22-9-14(13-5-3-12(11-24)4-6-13)7-15(10-22)21-16-8-20-23(2)18(25)17(16)19/h3-6,8,10,14,21,24H,7,9,11H2,1-2H3. The summed E-state index contributed by atoms with van der Waals surface area (Å²) >= 11 is 3.35. The third-order valence-corrected chi connectivity index (χ3v) is 5.12. The lowest BCUT2D eigenvalue weighted by molar-refractivity contribution is 0.282. The summed E-state index contributed by atoms with van der Waals surface area (Å²) in [5.74, 6) is 0.337. The number of aliphatic hydroxyl groups excluding tert-OH is 1. The van der Waals surface area contributed by atoms with E-state index in [1.54, 1.807) is 13.2 Å². The second-order valence-electron chi connectivity index (χ2n) is 6.32. The van der Waals surface area contributed by atoms with Gasteiger partial charge in [-0.25, -0.2) is 4.68 Å². The number of allylic oxidation sites excluding steroid dienone is 1. The van der Waals surface area contributed by atoms with Gasteiger partial charge in [0.05, 0.1) is 18.5 Å². The van der Waals surface area contributed by atoms with Crippen LogP contribution >= 0.6 is 15.9 Å². The molecule has 0 saturated carbocycles. The van der Waals surface area contributed by atoms with Gasteiger partial charge in [-0.1, -0.05) is 24.3 Å². The molecule has 132 valence electrons. The molecule has 0 spiro atoms. The zero-order chi connectivity index (χ0) is 18.0. The second kappa shape index (κ2) is 7.41. The smallest absolute Gasteiger partial charge is 0.282 e. The van der Waals surface area contributed by atoms with Gasteiger partial charge in [-0.2, -0.15) is 5.10 Å². The number of rotatable bonds is 4. The van der Waals surface area contributed by atoms with Crippen molar-refractivity contribution in [1.29, 1.82) is 0 Å². The molecule has 2 heterocycles. The number of likely N-dealkylation sites (N-methyl/N-ethyl adjacent to an activating group) is 1. The first kappa shape index (κ1) is 17.7. The summed E-state index contributed by atoms with van der Waals surface area (Å²) in [4.78, 5) is 14.1. The molecule has 2 N–H and O–H groups in total. The second-order valence-corrected chi connectivity index (χ2v) is 7.11. The lowest BCUT2D eigenvalue weighted by Crippen LogP contribution is -2.28. The van der Waals surface area contributed by atoms with E-state index in [4.69, 9.17) is 0 Å². The third-order valence-electron chi connectivity index (χ3n) is 4.36. The zero-order valence-corrected chi connectivity index (χ0v) is 15.8. The first-order valence-electron chi connectivity index (χ1n) is 8.07. The highest BCUT2D eigenvalue weighted by molar-refractivity contribution is 9.10. The normalized spacial score (nSPS) is 17.4. The molecule has 7 heteroatoms. The van der Waals surface area contributed by atoms with Gasteiger partial charge in [-0.05, 0) is 33.5 Å². The van der Waals surface area contributed by atoms with Crippen LogP contribution in [-0.4, -0.2) is 33.4 Å². The summed E-state index contributed by atoms with van der Waals surface area (Å²) in [5.41, 5.74) is 3.67. The molecule has 0 radical (unpaired) electrons. The van der Waals surface area contributed by atoms with E-state index in [0.717, 1.165) is 24.2 Å². The van der Waals surface area contributed by atoms with Gasteiger partial charge in [0.2, 0.25) is 0 Å². The van der Waals surface area contributed by atoms with Crippen molar-refractivity contribution >= 4 is 21.6 Å². The van der Waals surface area contributed by atoms with Crippen molar-refractivity contribution in [1.82, 2.24) is 14.7 Å². The molecule has 0 bridgehead atoms. The Balaban J connectivity index is 1.80. The number of benzene rings is 1. The molecule has 1 atom stereocenters. The van der Waals surface area contributed by atoms with E-state index in [2.05, 4.69) is 49.6 Å². The van der Waals surface area contributed by atoms with Crippen molar-refractivity contribution in [2.75, 3.05) is 18.9 Å². The number of aliphatic hydroxyl groups is 1. The number of aromatic nitrogens is 2. The van der Waals surface area contributed by atoms with Gasteiger partial charge in [-0.3, -0.25) is 4.79 Å². The van der Waals surface area contributed by atoms with Crippen LogP contribution in [0.1, 0.15) is 23.5 Å². The van der Waals surface area contributed by atoms with E-state index < -0.39 is 0 Å². The van der Waals surface area contributed by atoms with Crippen molar-refractivity contribution in [3.05, 3.63) is 68.3 Å². The van der Waals surface area contributed by atoms with E-state index >= 15 is 0 Å². The van der Waals surface area contributed by atoms with Gasteiger partial charge in [0.25, 0.3) is 5.56 Å². The first-order chi connectivity index (χ1) is 12.0. The Bertz CT molecular complexity index is 845. The monoisotopic (exact) mass is 404 g/mol. The molecule has 0 fully saturated rings. The summed E-state index contributed by atoms with van der Waals surface area (Å²) in [5, 5.41) is 16.6. The van der Waals surface area contributed by atoms with Gasteiger partial charge in [0.15, 0.2) is 0 Å². The van der Waals surface area contributed by atoms with Crippen molar-refractivity contribution in [3.8, 4) is 0 Å². The fourth-order valence-electron chi connectivity index (χ4n) is 3.02. The fourth-order valence-corrected chi connectivity index (χ4v) is 3.48. The minimum atomic E-state index is -0.175. The Hall–Kier alpha value is -2.12. The zero-order valence-electron chi connectivity index (χ0n) is 14.2. The molecular weight excluding hydrogens is 384 g/mol. The van der Waals surface area contributed by atoms with Crippen LogP contribution in [0.25, 0.3) is 0 Å². The maximum Gasteiger partial charge on any atom is 0.282 e. The molecule has 1 aliphatic heterocycles. The molecule has 1 unspecified atom stereocenters. The number of hydrogen-bond acceptors (Lipinski definition) is 5. The molecule has 1 aromatic carbocycles. The van der Waals surface area contributed by atoms with Crippen LogP contribution in [0.15, 0.2) is 51.6 Å². The van der Waals surface area contributed by atoms with Crippen molar-refractivity contribution in [2.24, 2.45) is 7.05 Å². The average Bonchev–Trinajstić information content (AvgIpc) is 2.62. The molecule has 1 aliphatic rings. The highest BCUT2D eigenvalue weighted by atomic mass is 79.9. The maximum absolute atomic E-state index is 12.0. The lowest BCUT2D eigenvalue weighted by atomic mass is 9.91. The maximum atomic E-state index is 12.0. The Morgan fingerprint density at radius 3 is 2.72 bits per heavy atom. The van der Waals surface area contributed by atoms with Gasteiger partial charge < -0.3 is 15.3 Å². The predicted octanol–water partition coefficient (Wildman–Crippen LogP) is 2.41. The van der Waals surface area contributed by atoms with Crippen molar-refractivity contribution < 1.29 is 5.11 Å². The summed E-state index contributed by atoms with van der Waals surface area (Å²) in [6.07, 6.45) is 4.54. The van der Waals surface area contributed by atoms with Crippen LogP contribution < -0.4 is 10.9 Å². The van der Waals surface area contributed by atoms with E-state index in [9.17, 15) is 9.90 Å². The van der Waals surface area contributed by atoms with Crippen LogP contribution in [0.2, 0.25) is 0 Å². The van der Waals surface area contributed by atoms with Crippen LogP contribution in [0.5, 0.6) is 0 Å². The van der Waals surface area contributed by atoms with Crippen LogP contribution in [-0.2, 0) is 13.7 Å². The minimum Gasteiger partial charge on any atom is -0.392 e. The molecule has 0 saturated heterocycles. The molecule has 1 aromatic heterocycles. The number of nitrogens with zero attached hydrogens (tertiary/aromatic N) is 3. The third kappa shape index (κ3) is 3.93. The van der Waals surface area contributed by atoms with Crippen LogP contribution in [0.4, 0.5) is 5.69 Å². The minimum absolute atomic E-state index is 0.0571. The number of nitrogens with one attached hydrogen (secondary N) is 1. The number of aryl methyl sites for hydroxylation is 1. The molecule has 2 aromatic rings. The molecule has 0 amide bonds. The SMILES string of the molecule is CN1C=C(Nc2cnn(C)c(=O)c2Br)CC(c2ccc(CO)cc2)C1. The number of anilines is 1. The number of hydrogen-bond donors (Lipinski definition) is 2. The summed E-state index contributed by atoms with van der Waals surface area (Å²) in [6.45, 7) is 0.973. The molecule has 0 aliphatic carbocycles. The molecule has 3 rings (SSSR count). The molecular formula is C18H21BrN4O2. The summed E-state index contributed by atoms with van der Waals surface area (Å²) < 4.78 is 1.77. The van der Waals surface area contributed by atoms with E-state index in [1.165, 1.54) is 10.2 Å². The highest BCUT2D eigenvalue weighted by Crippen LogP contribution is 2.30. The van der Waals surface area contributed by atoms with E-state index in [-0.39, 0.29) is 12.2 Å². The summed E-state index contributed by atoms with van der Waals surface area (Å²) in [7, 11) is 3.66. The van der Waals surface area contributed by atoms with Crippen LogP contribution in [0.3, 0.4) is 0 Å². The lowest BCUT2D eigenvalue weighted by Gasteiger charge is -2.31. The predicted molar refractivity (Wildman–Crippen MR) is 101 cm³/mol. The largest absolute Gasteiger partial charge is 0.392 e. The Morgan fingerprint density at radius 1 is 1.32 bits per heavy atom. The summed E-state index contributed by atoms with van der Waals surface area (Å²) in [6, 6.07) is 8.07. The van der Waals surface area contributed by atoms with Crippen molar-refractivity contribution in [2.45, 2.75) is 18.9 Å². The quantitative estimate of drug-likeness (QED) is 0.818. The number of halogens is 1. The van der Waals surface area contributed by atoms with Crippen molar-refractivity contribution in [3.63, 3.8) is 0 Å². The van der Waals surface area contributed by atoms with E-state index in [0.29, 0.717) is 16.1 Å². The highest BCUT2D eigenvalue weighted by Gasteiger charge is 2.21. The Morgan fingerprint density at radius 2 is 2.04 bits per heavy atom. The van der Waals surface area contributed by atoms with Gasteiger partial charge >= 0.3 is 0 Å². The average molecular weight is 405 g/mol. The van der Waals surface area contributed by atoms with Gasteiger partial charge in [-0.15, -0.1) is 0 Å². The molecule has 25 heavy (non-hydrogen) atoms. The topological polar surface area (TPSA) is 70.4 Å². The van der Waals surface area contributed by atoms with E-state index in [1.807, 2.05) is 19.2 Å². The fraction of sp³-hybridized carbons (Fsp3) is 0.333. The van der Waals surface area contributed by atoms with Gasteiger partial charge in [0, 0.05) is 38.5 Å². The Labute approximate surface area is 154 Å². The Kier molecular flexibility index (Phi) is 5.24. The van der Waals surface area contributed by atoms with Gasteiger partial charge in [0.1, 0.15) is 4.47 Å². The molecule has 6 nitrogen and oxygen atoms in total.